The molecule has 0 saturated carbocycles. The zero-order valence-corrected chi connectivity index (χ0v) is 19.1. The molecule has 4 rings (SSSR count). The van der Waals surface area contributed by atoms with Crippen LogP contribution < -0.4 is 9.46 Å². The minimum absolute atomic E-state index is 0.470. The summed E-state index contributed by atoms with van der Waals surface area (Å²) in [5.41, 5.74) is 4.59. The van der Waals surface area contributed by atoms with Crippen LogP contribution in [0, 0.1) is 6.92 Å². The molecule has 3 aromatic carbocycles. The maximum atomic E-state index is 12.6. The van der Waals surface area contributed by atoms with E-state index in [1.807, 2.05) is 85.8 Å². The van der Waals surface area contributed by atoms with Crippen LogP contribution in [0.15, 0.2) is 89.8 Å². The van der Waals surface area contributed by atoms with E-state index in [-0.39, 0.29) is 0 Å². The fourth-order valence-corrected chi connectivity index (χ4v) is 4.01. The highest BCUT2D eigenvalue weighted by molar-refractivity contribution is 7.86. The van der Waals surface area contributed by atoms with Gasteiger partial charge in [-0.05, 0) is 55.0 Å². The van der Waals surface area contributed by atoms with Crippen molar-refractivity contribution in [3.05, 3.63) is 101 Å². The minimum Gasteiger partial charge on any atom is -0.476 e. The molecule has 1 unspecified atom stereocenters. The van der Waals surface area contributed by atoms with E-state index in [0.717, 1.165) is 38.7 Å². The lowest BCUT2D eigenvalue weighted by molar-refractivity contribution is 0.306. The lowest BCUT2D eigenvalue weighted by Crippen LogP contribution is -2.05. The first-order valence-corrected chi connectivity index (χ1v) is 11.7. The highest BCUT2D eigenvalue weighted by Gasteiger charge is 2.07. The van der Waals surface area contributed by atoms with Gasteiger partial charge in [0, 0.05) is 28.8 Å². The molecule has 0 aliphatic heterocycles. The van der Waals surface area contributed by atoms with Crippen molar-refractivity contribution in [3.63, 3.8) is 0 Å². The third-order valence-electron chi connectivity index (χ3n) is 4.80. The summed E-state index contributed by atoms with van der Waals surface area (Å²) >= 11 is 5.91. The molecule has 162 valence electrons. The number of anilines is 1. The molecular formula is C25H22ClN3O2S. The molecule has 5 nitrogen and oxygen atoms in total. The zero-order valence-electron chi connectivity index (χ0n) is 17.5. The van der Waals surface area contributed by atoms with Crippen molar-refractivity contribution in [2.75, 3.05) is 11.3 Å². The van der Waals surface area contributed by atoms with E-state index in [1.165, 1.54) is 0 Å². The molecule has 1 heterocycles. The maximum absolute atomic E-state index is 12.6. The minimum atomic E-state index is -1.35. The Bertz CT molecular complexity index is 1200. The SMILES string of the molecule is Cc1ccc(S(=O)Nc2cccc(-c3ccc(OCCc4ccc(Cl)cc4)nn3)c2)cc1. The summed E-state index contributed by atoms with van der Waals surface area (Å²) in [5, 5.41) is 9.17. The smallest absolute Gasteiger partial charge is 0.233 e. The van der Waals surface area contributed by atoms with Crippen molar-refractivity contribution in [2.24, 2.45) is 0 Å². The quantitative estimate of drug-likeness (QED) is 0.355. The third-order valence-corrected chi connectivity index (χ3v) is 6.17. The lowest BCUT2D eigenvalue weighted by atomic mass is 10.1. The molecule has 0 aliphatic carbocycles. The van der Waals surface area contributed by atoms with E-state index in [9.17, 15) is 4.21 Å². The number of nitrogens with zero attached hydrogens (tertiary/aromatic N) is 2. The van der Waals surface area contributed by atoms with Crippen LogP contribution in [-0.2, 0) is 17.4 Å². The van der Waals surface area contributed by atoms with Gasteiger partial charge in [0.2, 0.25) is 5.88 Å². The van der Waals surface area contributed by atoms with Crippen LogP contribution in [0.1, 0.15) is 11.1 Å². The maximum Gasteiger partial charge on any atom is 0.233 e. The van der Waals surface area contributed by atoms with Crippen LogP contribution >= 0.6 is 11.6 Å². The van der Waals surface area contributed by atoms with Gasteiger partial charge in [-0.3, -0.25) is 0 Å². The molecule has 4 aromatic rings. The lowest BCUT2D eigenvalue weighted by Gasteiger charge is -2.09. The second-order valence-corrected chi connectivity index (χ2v) is 8.90. The van der Waals surface area contributed by atoms with Gasteiger partial charge < -0.3 is 9.46 Å². The van der Waals surface area contributed by atoms with Crippen LogP contribution in [-0.4, -0.2) is 21.0 Å². The van der Waals surface area contributed by atoms with Gasteiger partial charge in [-0.1, -0.05) is 53.6 Å². The van der Waals surface area contributed by atoms with Gasteiger partial charge in [-0.2, -0.15) is 0 Å². The average molecular weight is 464 g/mol. The van der Waals surface area contributed by atoms with Crippen LogP contribution in [0.5, 0.6) is 5.88 Å². The average Bonchev–Trinajstić information content (AvgIpc) is 2.81. The van der Waals surface area contributed by atoms with Crippen molar-refractivity contribution in [3.8, 4) is 17.1 Å². The van der Waals surface area contributed by atoms with Crippen molar-refractivity contribution in [1.82, 2.24) is 10.2 Å². The monoisotopic (exact) mass is 463 g/mol. The first-order chi connectivity index (χ1) is 15.6. The molecular weight excluding hydrogens is 442 g/mol. The summed E-state index contributed by atoms with van der Waals surface area (Å²) in [6.07, 6.45) is 0.756. The Labute approximate surface area is 195 Å². The number of hydrogen-bond acceptors (Lipinski definition) is 4. The number of benzene rings is 3. The molecule has 0 aliphatic rings. The molecule has 0 radical (unpaired) electrons. The summed E-state index contributed by atoms with van der Waals surface area (Å²) in [4.78, 5) is 0.723. The van der Waals surface area contributed by atoms with Gasteiger partial charge in [-0.15, -0.1) is 10.2 Å². The summed E-state index contributed by atoms with van der Waals surface area (Å²) in [6, 6.07) is 26.6. The van der Waals surface area contributed by atoms with Gasteiger partial charge >= 0.3 is 0 Å². The first kappa shape index (κ1) is 22.0. The predicted octanol–water partition coefficient (Wildman–Crippen LogP) is 5.86. The third kappa shape index (κ3) is 5.93. The Kier molecular flexibility index (Phi) is 7.14. The number of hydrogen-bond donors (Lipinski definition) is 1. The van der Waals surface area contributed by atoms with Gasteiger partial charge in [0.15, 0.2) is 0 Å². The summed E-state index contributed by atoms with van der Waals surface area (Å²) < 4.78 is 21.3. The van der Waals surface area contributed by atoms with E-state index < -0.39 is 11.0 Å². The van der Waals surface area contributed by atoms with Gasteiger partial charge in [-0.25, -0.2) is 4.21 Å². The van der Waals surface area contributed by atoms with E-state index in [1.54, 1.807) is 6.07 Å². The number of nitrogens with one attached hydrogen (secondary N) is 1. The second-order valence-electron chi connectivity index (χ2n) is 7.25. The zero-order chi connectivity index (χ0) is 22.3. The van der Waals surface area contributed by atoms with Crippen molar-refractivity contribution >= 4 is 28.3 Å². The van der Waals surface area contributed by atoms with Crippen LogP contribution in [0.25, 0.3) is 11.3 Å². The van der Waals surface area contributed by atoms with Crippen LogP contribution in [0.4, 0.5) is 5.69 Å². The molecule has 0 spiro atoms. The van der Waals surface area contributed by atoms with Gasteiger partial charge in [0.1, 0.15) is 11.0 Å². The number of ether oxygens (including phenoxy) is 1. The van der Waals surface area contributed by atoms with Gasteiger partial charge in [0.25, 0.3) is 0 Å². The van der Waals surface area contributed by atoms with E-state index >= 15 is 0 Å². The molecule has 1 aromatic heterocycles. The topological polar surface area (TPSA) is 64.1 Å². The molecule has 0 bridgehead atoms. The number of halogens is 1. The van der Waals surface area contributed by atoms with Crippen molar-refractivity contribution < 1.29 is 8.95 Å². The largest absolute Gasteiger partial charge is 0.476 e. The highest BCUT2D eigenvalue weighted by atomic mass is 35.5. The fourth-order valence-electron chi connectivity index (χ4n) is 3.05. The Morgan fingerprint density at radius 1 is 0.938 bits per heavy atom. The van der Waals surface area contributed by atoms with Crippen molar-refractivity contribution in [2.45, 2.75) is 18.2 Å². The predicted molar refractivity (Wildman–Crippen MR) is 129 cm³/mol. The van der Waals surface area contributed by atoms with E-state index in [4.69, 9.17) is 16.3 Å². The van der Waals surface area contributed by atoms with Gasteiger partial charge in [0.05, 0.1) is 17.2 Å². The highest BCUT2D eigenvalue weighted by Crippen LogP contribution is 2.23. The molecule has 0 fully saturated rings. The number of aryl methyl sites for hydroxylation is 1. The molecule has 0 amide bonds. The summed E-state index contributed by atoms with van der Waals surface area (Å²) in [7, 11) is -1.35. The Hall–Kier alpha value is -3.22. The molecule has 1 atom stereocenters. The number of rotatable bonds is 8. The number of aromatic nitrogens is 2. The van der Waals surface area contributed by atoms with Crippen LogP contribution in [0.3, 0.4) is 0 Å². The standard InChI is InChI=1S/C25H22ClN3O2S/c1-18-5-11-23(12-6-18)32(30)29-22-4-2-3-20(17-22)24-13-14-25(28-27-24)31-16-15-19-7-9-21(26)10-8-19/h2-14,17,29H,15-16H2,1H3. The molecule has 32 heavy (non-hydrogen) atoms. The first-order valence-electron chi connectivity index (χ1n) is 10.1. The van der Waals surface area contributed by atoms with E-state index in [0.29, 0.717) is 18.2 Å². The van der Waals surface area contributed by atoms with Crippen molar-refractivity contribution in [1.29, 1.82) is 0 Å². The fraction of sp³-hybridized carbons (Fsp3) is 0.120. The Morgan fingerprint density at radius 2 is 1.72 bits per heavy atom. The van der Waals surface area contributed by atoms with E-state index in [2.05, 4.69) is 14.9 Å². The summed E-state index contributed by atoms with van der Waals surface area (Å²) in [6.45, 7) is 2.50. The Balaban J connectivity index is 1.36. The molecule has 7 heteroatoms. The summed E-state index contributed by atoms with van der Waals surface area (Å²) in [5.74, 6) is 0.470. The second kappa shape index (κ2) is 10.4. The Morgan fingerprint density at radius 3 is 2.44 bits per heavy atom. The molecule has 0 saturated heterocycles. The van der Waals surface area contributed by atoms with Crippen LogP contribution in [0.2, 0.25) is 5.02 Å². The normalized spacial score (nSPS) is 11.7. The molecule has 1 N–H and O–H groups in total.